The van der Waals surface area contributed by atoms with Crippen LogP contribution in [-0.2, 0) is 35.0 Å². The zero-order chi connectivity index (χ0) is 28.1. The first-order valence-corrected chi connectivity index (χ1v) is 13.0. The molecule has 14 nitrogen and oxygen atoms in total. The first-order valence-electron chi connectivity index (χ1n) is 13.0. The second kappa shape index (κ2) is 15.4. The van der Waals surface area contributed by atoms with E-state index in [-0.39, 0.29) is 43.8 Å². The van der Waals surface area contributed by atoms with Crippen LogP contribution in [0, 0.1) is 10.1 Å². The molecule has 39 heavy (non-hydrogen) atoms. The Labute approximate surface area is 227 Å². The highest BCUT2D eigenvalue weighted by Gasteiger charge is 2.33. The molecular formula is C25H38N4O10. The molecule has 0 unspecified atom stereocenters. The summed E-state index contributed by atoms with van der Waals surface area (Å²) in [5, 5.41) is 15.8. The van der Waals surface area contributed by atoms with Crippen LogP contribution in [0.15, 0.2) is 24.3 Å². The second-order valence-corrected chi connectivity index (χ2v) is 9.74. The molecule has 0 aliphatic carbocycles. The van der Waals surface area contributed by atoms with Crippen LogP contribution in [0.4, 0.5) is 4.79 Å². The van der Waals surface area contributed by atoms with Gasteiger partial charge >= 0.3 is 12.0 Å². The van der Waals surface area contributed by atoms with Gasteiger partial charge in [-0.3, -0.25) is 4.79 Å². The molecular weight excluding hydrogens is 516 g/mol. The summed E-state index contributed by atoms with van der Waals surface area (Å²) in [5.41, 5.74) is 0.530. The lowest BCUT2D eigenvalue weighted by molar-refractivity contribution is -0.768. The van der Waals surface area contributed by atoms with Crippen molar-refractivity contribution < 1.29 is 43.2 Å². The normalized spacial score (nSPS) is 19.2. The van der Waals surface area contributed by atoms with Gasteiger partial charge in [-0.15, -0.1) is 10.1 Å². The average molecular weight is 555 g/mol. The number of hydrogen-bond acceptors (Lipinski definition) is 11. The lowest BCUT2D eigenvalue weighted by Gasteiger charge is -2.27. The van der Waals surface area contributed by atoms with E-state index in [0.717, 1.165) is 5.56 Å². The summed E-state index contributed by atoms with van der Waals surface area (Å²) in [6, 6.07) is 6.90. The number of carbonyl (C=O) groups excluding carboxylic acids is 2. The predicted molar refractivity (Wildman–Crippen MR) is 137 cm³/mol. The Hall–Kier alpha value is -3.20. The number of rotatable bonds is 15. The van der Waals surface area contributed by atoms with Crippen molar-refractivity contribution in [3.63, 3.8) is 0 Å². The van der Waals surface area contributed by atoms with E-state index in [1.807, 2.05) is 26.0 Å². The smallest absolute Gasteiger partial charge is 0.317 e. The van der Waals surface area contributed by atoms with Crippen molar-refractivity contribution in [1.29, 1.82) is 0 Å². The van der Waals surface area contributed by atoms with Crippen LogP contribution >= 0.6 is 0 Å². The molecule has 1 aromatic carbocycles. The van der Waals surface area contributed by atoms with E-state index in [4.69, 9.17) is 28.5 Å². The number of nitrogens with one attached hydrogen (secondary N) is 2. The van der Waals surface area contributed by atoms with E-state index in [1.165, 1.54) is 0 Å². The third-order valence-electron chi connectivity index (χ3n) is 5.91. The molecule has 2 N–H and O–H groups in total. The Balaban J connectivity index is 1.31. The van der Waals surface area contributed by atoms with Crippen molar-refractivity contribution in [3.05, 3.63) is 39.9 Å². The topological polar surface area (TPSA) is 160 Å². The Bertz CT molecular complexity index is 924. The molecule has 0 aromatic heterocycles. The summed E-state index contributed by atoms with van der Waals surface area (Å²) in [7, 11) is 0. The second-order valence-electron chi connectivity index (χ2n) is 9.74. The van der Waals surface area contributed by atoms with Gasteiger partial charge in [0.2, 0.25) is 0 Å². The molecule has 2 atom stereocenters. The Morgan fingerprint density at radius 2 is 1.95 bits per heavy atom. The molecule has 0 saturated carbocycles. The number of hydrogen-bond donors (Lipinski definition) is 2. The van der Waals surface area contributed by atoms with E-state index in [2.05, 4.69) is 10.6 Å². The monoisotopic (exact) mass is 554 g/mol. The highest BCUT2D eigenvalue weighted by Crippen LogP contribution is 2.22. The number of morpholine rings is 1. The first kappa shape index (κ1) is 30.3. The van der Waals surface area contributed by atoms with Crippen molar-refractivity contribution >= 4 is 12.0 Å². The van der Waals surface area contributed by atoms with Crippen LogP contribution in [0.5, 0.6) is 5.75 Å². The van der Waals surface area contributed by atoms with Gasteiger partial charge in [0.25, 0.3) is 5.09 Å². The lowest BCUT2D eigenvalue weighted by Crippen LogP contribution is -2.48. The van der Waals surface area contributed by atoms with Crippen molar-refractivity contribution in [2.45, 2.75) is 44.7 Å². The number of carbonyl (C=O) groups is 2. The molecule has 1 aromatic rings. The van der Waals surface area contributed by atoms with Gasteiger partial charge in [0, 0.05) is 39.1 Å². The van der Waals surface area contributed by atoms with Gasteiger partial charge < -0.3 is 44.1 Å². The molecule has 0 spiro atoms. The number of amides is 2. The van der Waals surface area contributed by atoms with Gasteiger partial charge in [-0.2, -0.15) is 0 Å². The maximum absolute atomic E-state index is 12.1. The Morgan fingerprint density at radius 3 is 2.62 bits per heavy atom. The fourth-order valence-corrected chi connectivity index (χ4v) is 3.87. The average Bonchev–Trinajstić information content (AvgIpc) is 3.28. The standard InChI is InChI=1S/C25H38N4O10/c1-25(2)18-37-23(38-25)17-36-22(30)8-5-19-3-6-20(7-4-19)35-16-21(39-29(32)33)15-26-9-10-27-24(31)28-11-13-34-14-12-28/h3-4,6-7,21,23,26H,5,8-18H2,1-2H3,(H,27,31)/t21-,23-/m0/s1. The molecule has 0 radical (unpaired) electrons. The van der Waals surface area contributed by atoms with E-state index >= 15 is 0 Å². The number of urea groups is 1. The quantitative estimate of drug-likeness (QED) is 0.137. The molecule has 2 fully saturated rings. The van der Waals surface area contributed by atoms with Crippen LogP contribution in [0.3, 0.4) is 0 Å². The minimum absolute atomic E-state index is 0.0537. The van der Waals surface area contributed by atoms with Gasteiger partial charge in [-0.05, 0) is 38.0 Å². The van der Waals surface area contributed by atoms with Crippen molar-refractivity contribution in [2.24, 2.45) is 0 Å². The van der Waals surface area contributed by atoms with Crippen molar-refractivity contribution in [1.82, 2.24) is 15.5 Å². The SMILES string of the molecule is CC1(C)CO[C@H](COC(=O)CCc2ccc(OC[C@H](CNCCNC(=O)N3CCOCC3)O[N+](=O)[O-])cc2)O1. The van der Waals surface area contributed by atoms with Gasteiger partial charge in [-0.25, -0.2) is 4.79 Å². The molecule has 2 heterocycles. The molecule has 2 saturated heterocycles. The summed E-state index contributed by atoms with van der Waals surface area (Å²) >= 11 is 0. The number of aryl methyl sites for hydroxylation is 1. The van der Waals surface area contributed by atoms with Crippen molar-refractivity contribution in [3.8, 4) is 5.75 Å². The first-order chi connectivity index (χ1) is 18.7. The van der Waals surface area contributed by atoms with Crippen LogP contribution in [0.2, 0.25) is 0 Å². The summed E-state index contributed by atoms with van der Waals surface area (Å²) in [4.78, 5) is 41.4. The zero-order valence-corrected chi connectivity index (χ0v) is 22.4. The highest BCUT2D eigenvalue weighted by molar-refractivity contribution is 5.74. The minimum Gasteiger partial charge on any atom is -0.491 e. The maximum Gasteiger partial charge on any atom is 0.317 e. The molecule has 0 bridgehead atoms. The van der Waals surface area contributed by atoms with Gasteiger partial charge in [-0.1, -0.05) is 12.1 Å². The van der Waals surface area contributed by atoms with Crippen LogP contribution in [0.25, 0.3) is 0 Å². The molecule has 2 amide bonds. The third-order valence-corrected chi connectivity index (χ3v) is 5.91. The number of benzene rings is 1. The van der Waals surface area contributed by atoms with E-state index in [9.17, 15) is 19.7 Å². The zero-order valence-electron chi connectivity index (χ0n) is 22.4. The van der Waals surface area contributed by atoms with Crippen LogP contribution < -0.4 is 15.4 Å². The van der Waals surface area contributed by atoms with E-state index in [1.54, 1.807) is 17.0 Å². The maximum atomic E-state index is 12.1. The Morgan fingerprint density at radius 1 is 1.21 bits per heavy atom. The van der Waals surface area contributed by atoms with Gasteiger partial charge in [0.05, 0.1) is 25.4 Å². The van der Waals surface area contributed by atoms with Crippen LogP contribution in [0.1, 0.15) is 25.8 Å². The van der Waals surface area contributed by atoms with Crippen molar-refractivity contribution in [2.75, 3.05) is 65.8 Å². The highest BCUT2D eigenvalue weighted by atomic mass is 17.0. The molecule has 14 heteroatoms. The van der Waals surface area contributed by atoms with Gasteiger partial charge in [0.15, 0.2) is 12.4 Å². The number of esters is 1. The molecule has 2 aliphatic heterocycles. The number of ether oxygens (including phenoxy) is 5. The summed E-state index contributed by atoms with van der Waals surface area (Å²) in [6.07, 6.45) is -0.702. The largest absolute Gasteiger partial charge is 0.491 e. The third kappa shape index (κ3) is 11.6. The fraction of sp³-hybridized carbons (Fsp3) is 0.680. The fourth-order valence-electron chi connectivity index (χ4n) is 3.87. The lowest BCUT2D eigenvalue weighted by atomic mass is 10.1. The number of nitrogens with zero attached hydrogens (tertiary/aromatic N) is 2. The van der Waals surface area contributed by atoms with E-state index in [0.29, 0.717) is 58.2 Å². The molecule has 218 valence electrons. The van der Waals surface area contributed by atoms with Gasteiger partial charge in [0.1, 0.15) is 19.0 Å². The predicted octanol–water partition coefficient (Wildman–Crippen LogP) is 0.901. The summed E-state index contributed by atoms with van der Waals surface area (Å²) < 4.78 is 27.2. The molecule has 3 rings (SSSR count). The Kier molecular flexibility index (Phi) is 12.0. The summed E-state index contributed by atoms with van der Waals surface area (Å²) in [5.74, 6) is 0.161. The van der Waals surface area contributed by atoms with E-state index < -0.39 is 17.5 Å². The summed E-state index contributed by atoms with van der Waals surface area (Å²) in [6.45, 7) is 7.34. The van der Waals surface area contributed by atoms with Crippen LogP contribution in [-0.4, -0.2) is 106 Å². The minimum atomic E-state index is -0.857. The molecule has 2 aliphatic rings.